The average Bonchev–Trinajstić information content (AvgIpc) is 2.49. The van der Waals surface area contributed by atoms with Crippen LogP contribution in [0.4, 0.5) is 5.69 Å². The number of nitrogen functional groups attached to an aromatic ring is 1. The lowest BCUT2D eigenvalue weighted by molar-refractivity contribution is -0.172. The summed E-state index contributed by atoms with van der Waals surface area (Å²) >= 11 is 0. The highest BCUT2D eigenvalue weighted by Gasteiger charge is 2.43. The Bertz CT molecular complexity index is 665. The second kappa shape index (κ2) is 5.46. The lowest BCUT2D eigenvalue weighted by Gasteiger charge is -2.42. The summed E-state index contributed by atoms with van der Waals surface area (Å²) in [5.41, 5.74) is 7.74. The first-order valence-corrected chi connectivity index (χ1v) is 7.37. The summed E-state index contributed by atoms with van der Waals surface area (Å²) in [6.07, 6.45) is 0. The van der Waals surface area contributed by atoms with Crippen molar-refractivity contribution in [2.45, 2.75) is 31.5 Å². The summed E-state index contributed by atoms with van der Waals surface area (Å²) in [7, 11) is 0. The highest BCUT2D eigenvalue weighted by Crippen LogP contribution is 2.37. The summed E-state index contributed by atoms with van der Waals surface area (Å²) in [5, 5.41) is 3.43. The van der Waals surface area contributed by atoms with Crippen molar-refractivity contribution in [3.05, 3.63) is 65.7 Å². The highest BCUT2D eigenvalue weighted by atomic mass is 16.6. The zero-order chi connectivity index (χ0) is 15.7. The van der Waals surface area contributed by atoms with Gasteiger partial charge in [-0.05, 0) is 37.1 Å². The molecule has 114 valence electrons. The molecular weight excluding hydrogens is 276 g/mol. The van der Waals surface area contributed by atoms with Crippen molar-refractivity contribution in [2.75, 3.05) is 5.73 Å². The van der Waals surface area contributed by atoms with E-state index >= 15 is 0 Å². The molecule has 1 heterocycles. The second-order valence-corrected chi connectivity index (χ2v) is 6.13. The summed E-state index contributed by atoms with van der Waals surface area (Å²) in [4.78, 5) is 12.4. The van der Waals surface area contributed by atoms with Gasteiger partial charge < -0.3 is 10.5 Å². The quantitative estimate of drug-likeness (QED) is 0.660. The number of rotatable bonds is 2. The Labute approximate surface area is 130 Å². The number of cyclic esters (lactones) is 1. The van der Waals surface area contributed by atoms with Gasteiger partial charge in [0.05, 0.1) is 6.04 Å². The lowest BCUT2D eigenvalue weighted by Crippen LogP contribution is -2.52. The van der Waals surface area contributed by atoms with Crippen LogP contribution in [0.25, 0.3) is 0 Å². The van der Waals surface area contributed by atoms with Crippen LogP contribution in [0.15, 0.2) is 54.6 Å². The van der Waals surface area contributed by atoms with Crippen LogP contribution in [-0.2, 0) is 9.53 Å². The minimum Gasteiger partial charge on any atom is -0.456 e. The molecule has 22 heavy (non-hydrogen) atoms. The Balaban J connectivity index is 1.94. The van der Waals surface area contributed by atoms with Crippen LogP contribution >= 0.6 is 0 Å². The monoisotopic (exact) mass is 296 g/mol. The molecule has 1 aliphatic heterocycles. The standard InChI is InChI=1S/C18H20N2O2/c1-18(2)16(13-6-4-3-5-7-13)20-15(17(21)22-18)12-8-10-14(19)11-9-12/h3-11,15-16,20H,19H2,1-2H3/t15-,16-/m0/s1. The van der Waals surface area contributed by atoms with Crippen LogP contribution < -0.4 is 11.1 Å². The van der Waals surface area contributed by atoms with E-state index in [1.165, 1.54) is 0 Å². The molecule has 3 N–H and O–H groups in total. The van der Waals surface area contributed by atoms with Gasteiger partial charge in [-0.15, -0.1) is 0 Å². The first kappa shape index (κ1) is 14.6. The van der Waals surface area contributed by atoms with Crippen molar-refractivity contribution in [3.63, 3.8) is 0 Å². The van der Waals surface area contributed by atoms with Crippen molar-refractivity contribution >= 4 is 11.7 Å². The fourth-order valence-electron chi connectivity index (χ4n) is 2.88. The zero-order valence-corrected chi connectivity index (χ0v) is 12.7. The average molecular weight is 296 g/mol. The highest BCUT2D eigenvalue weighted by molar-refractivity contribution is 5.79. The van der Waals surface area contributed by atoms with Gasteiger partial charge >= 0.3 is 5.97 Å². The topological polar surface area (TPSA) is 64.3 Å². The molecule has 0 bridgehead atoms. The molecular formula is C18H20N2O2. The smallest absolute Gasteiger partial charge is 0.328 e. The third kappa shape index (κ3) is 2.70. The summed E-state index contributed by atoms with van der Waals surface area (Å²) in [6, 6.07) is 16.8. The zero-order valence-electron chi connectivity index (χ0n) is 12.7. The molecule has 1 saturated heterocycles. The normalized spacial score (nSPS) is 23.8. The van der Waals surface area contributed by atoms with Crippen LogP contribution in [-0.4, -0.2) is 11.6 Å². The Kier molecular flexibility index (Phi) is 3.62. The third-order valence-corrected chi connectivity index (χ3v) is 4.03. The van der Waals surface area contributed by atoms with E-state index in [2.05, 4.69) is 5.32 Å². The fraction of sp³-hybridized carbons (Fsp3) is 0.278. The van der Waals surface area contributed by atoms with Gasteiger partial charge in [-0.2, -0.15) is 0 Å². The molecule has 1 aliphatic rings. The van der Waals surface area contributed by atoms with Gasteiger partial charge in [-0.25, -0.2) is 4.79 Å². The van der Waals surface area contributed by atoms with E-state index in [4.69, 9.17) is 10.5 Å². The number of carbonyl (C=O) groups is 1. The summed E-state index contributed by atoms with van der Waals surface area (Å²) in [5.74, 6) is -0.262. The SMILES string of the molecule is CC1(C)OC(=O)[C@H](c2ccc(N)cc2)N[C@H]1c1ccccc1. The number of ether oxygens (including phenoxy) is 1. The van der Waals surface area contributed by atoms with E-state index in [1.807, 2.05) is 56.3 Å². The molecule has 0 spiro atoms. The molecule has 2 aromatic rings. The van der Waals surface area contributed by atoms with E-state index in [0.29, 0.717) is 5.69 Å². The molecule has 0 saturated carbocycles. The van der Waals surface area contributed by atoms with Crippen LogP contribution in [0.1, 0.15) is 37.1 Å². The lowest BCUT2D eigenvalue weighted by atomic mass is 9.88. The summed E-state index contributed by atoms with van der Waals surface area (Å²) in [6.45, 7) is 3.85. The van der Waals surface area contributed by atoms with Crippen molar-refractivity contribution < 1.29 is 9.53 Å². The van der Waals surface area contributed by atoms with E-state index in [0.717, 1.165) is 11.1 Å². The predicted molar refractivity (Wildman–Crippen MR) is 86.1 cm³/mol. The van der Waals surface area contributed by atoms with Crippen molar-refractivity contribution in [1.29, 1.82) is 0 Å². The number of hydrogen-bond acceptors (Lipinski definition) is 4. The number of nitrogens with one attached hydrogen (secondary N) is 1. The molecule has 0 unspecified atom stereocenters. The number of carbonyl (C=O) groups excluding carboxylic acids is 1. The summed E-state index contributed by atoms with van der Waals surface area (Å²) < 4.78 is 5.71. The number of hydrogen-bond donors (Lipinski definition) is 2. The minimum absolute atomic E-state index is 0.0750. The Morgan fingerprint density at radius 2 is 1.64 bits per heavy atom. The molecule has 2 atom stereocenters. The van der Waals surface area contributed by atoms with Crippen molar-refractivity contribution in [2.24, 2.45) is 0 Å². The number of esters is 1. The van der Waals surface area contributed by atoms with Crippen LogP contribution in [0.2, 0.25) is 0 Å². The van der Waals surface area contributed by atoms with E-state index < -0.39 is 11.6 Å². The number of anilines is 1. The van der Waals surface area contributed by atoms with Gasteiger partial charge in [0.1, 0.15) is 11.6 Å². The van der Waals surface area contributed by atoms with Gasteiger partial charge in [-0.3, -0.25) is 5.32 Å². The van der Waals surface area contributed by atoms with Crippen LogP contribution in [0, 0.1) is 0 Å². The second-order valence-electron chi connectivity index (χ2n) is 6.13. The van der Waals surface area contributed by atoms with Crippen molar-refractivity contribution in [3.8, 4) is 0 Å². The molecule has 4 heteroatoms. The van der Waals surface area contributed by atoms with Crippen LogP contribution in [0.3, 0.4) is 0 Å². The maximum atomic E-state index is 12.4. The Morgan fingerprint density at radius 1 is 1.00 bits per heavy atom. The minimum atomic E-state index is -0.608. The van der Waals surface area contributed by atoms with Gasteiger partial charge in [0.15, 0.2) is 0 Å². The first-order valence-electron chi connectivity index (χ1n) is 7.37. The van der Waals surface area contributed by atoms with E-state index in [9.17, 15) is 4.79 Å². The molecule has 1 fully saturated rings. The number of morpholine rings is 1. The fourth-order valence-corrected chi connectivity index (χ4v) is 2.88. The number of nitrogens with two attached hydrogens (primary N) is 1. The van der Waals surface area contributed by atoms with Gasteiger partial charge in [0.25, 0.3) is 0 Å². The van der Waals surface area contributed by atoms with Gasteiger partial charge in [-0.1, -0.05) is 42.5 Å². The molecule has 2 aromatic carbocycles. The van der Waals surface area contributed by atoms with Gasteiger partial charge in [0, 0.05) is 5.69 Å². The molecule has 0 radical (unpaired) electrons. The maximum absolute atomic E-state index is 12.4. The number of benzene rings is 2. The van der Waals surface area contributed by atoms with Gasteiger partial charge in [0.2, 0.25) is 0 Å². The largest absolute Gasteiger partial charge is 0.456 e. The predicted octanol–water partition coefficient (Wildman–Crippen LogP) is 2.98. The van der Waals surface area contributed by atoms with E-state index in [-0.39, 0.29) is 12.0 Å². The van der Waals surface area contributed by atoms with Crippen molar-refractivity contribution in [1.82, 2.24) is 5.32 Å². The molecule has 3 rings (SSSR count). The maximum Gasteiger partial charge on any atom is 0.328 e. The Morgan fingerprint density at radius 3 is 2.27 bits per heavy atom. The third-order valence-electron chi connectivity index (χ3n) is 4.03. The van der Waals surface area contributed by atoms with Crippen LogP contribution in [0.5, 0.6) is 0 Å². The molecule has 0 amide bonds. The molecule has 0 aliphatic carbocycles. The Hall–Kier alpha value is -2.33. The molecule has 0 aromatic heterocycles. The first-order chi connectivity index (χ1) is 10.5. The van der Waals surface area contributed by atoms with E-state index in [1.54, 1.807) is 12.1 Å². The molecule has 4 nitrogen and oxygen atoms in total.